The van der Waals surface area contributed by atoms with Gasteiger partial charge < -0.3 is 14.2 Å². The molecule has 0 saturated heterocycles. The summed E-state index contributed by atoms with van der Waals surface area (Å²) in [6, 6.07) is 12.1. The highest BCUT2D eigenvalue weighted by atomic mass is 35.5. The summed E-state index contributed by atoms with van der Waals surface area (Å²) in [7, 11) is -4.24. The van der Waals surface area contributed by atoms with E-state index in [0.29, 0.717) is 60.3 Å². The van der Waals surface area contributed by atoms with E-state index >= 15 is 0 Å². The van der Waals surface area contributed by atoms with E-state index in [4.69, 9.17) is 15.8 Å². The zero-order chi connectivity index (χ0) is 27.0. The zero-order valence-electron chi connectivity index (χ0n) is 20.5. The molecule has 1 aliphatic heterocycles. The summed E-state index contributed by atoms with van der Waals surface area (Å²) in [5, 5.41) is 9.73. The molecule has 0 saturated carbocycles. The van der Waals surface area contributed by atoms with E-state index in [-0.39, 0.29) is 35.2 Å². The molecular weight excluding hydrogens is 530 g/mol. The number of allylic oxidation sites excluding steroid dienone is 4. The summed E-state index contributed by atoms with van der Waals surface area (Å²) < 4.78 is 31.9. The van der Waals surface area contributed by atoms with Crippen LogP contribution in [0.3, 0.4) is 0 Å². The van der Waals surface area contributed by atoms with Crippen LogP contribution in [-0.4, -0.2) is 42.5 Å². The van der Waals surface area contributed by atoms with Crippen molar-refractivity contribution in [1.29, 1.82) is 0 Å². The predicted molar refractivity (Wildman–Crippen MR) is 139 cm³/mol. The predicted octanol–water partition coefficient (Wildman–Crippen LogP) is 5.00. The largest absolute Gasteiger partial charge is 0.481 e. The van der Waals surface area contributed by atoms with Crippen LogP contribution in [0, 0.1) is 0 Å². The first-order valence-electron chi connectivity index (χ1n) is 12.5. The first-order chi connectivity index (χ1) is 18.2. The summed E-state index contributed by atoms with van der Waals surface area (Å²) >= 11 is 5.91. The highest BCUT2D eigenvalue weighted by molar-refractivity contribution is 7.87. The molecule has 38 heavy (non-hydrogen) atoms. The number of rotatable bonds is 7. The number of aliphatic carboxylic acids is 1. The Bertz CT molecular complexity index is 1450. The quantitative estimate of drug-likeness (QED) is 0.474. The molecular formula is C28H26ClNO7S. The number of hydrogen-bond acceptors (Lipinski definition) is 7. The second-order valence-electron chi connectivity index (χ2n) is 9.53. The van der Waals surface area contributed by atoms with Crippen LogP contribution in [0.15, 0.2) is 76.0 Å². The van der Waals surface area contributed by atoms with Crippen LogP contribution in [0.2, 0.25) is 5.02 Å². The first kappa shape index (κ1) is 26.2. The van der Waals surface area contributed by atoms with Crippen molar-refractivity contribution in [2.24, 2.45) is 0 Å². The van der Waals surface area contributed by atoms with Crippen LogP contribution >= 0.6 is 11.6 Å². The van der Waals surface area contributed by atoms with Gasteiger partial charge in [-0.2, -0.15) is 8.42 Å². The number of carboxylic acid groups (broad SMARTS) is 1. The van der Waals surface area contributed by atoms with Gasteiger partial charge in [-0.15, -0.1) is 0 Å². The number of para-hydroxylation sites is 1. The maximum atomic E-state index is 13.4. The number of Topliss-reactive ketones (excluding diaryl/α,β-unsaturated/α-hetero) is 2. The van der Waals surface area contributed by atoms with Gasteiger partial charge in [0.1, 0.15) is 10.6 Å². The molecule has 0 radical (unpaired) electrons. The Kier molecular flexibility index (Phi) is 7.15. The second-order valence-corrected chi connectivity index (χ2v) is 11.5. The molecule has 0 unspecified atom stereocenters. The van der Waals surface area contributed by atoms with Gasteiger partial charge in [-0.1, -0.05) is 29.8 Å². The average molecular weight is 556 g/mol. The summed E-state index contributed by atoms with van der Waals surface area (Å²) in [4.78, 5) is 40.0. The summed E-state index contributed by atoms with van der Waals surface area (Å²) in [5.41, 5.74) is 2.70. The van der Waals surface area contributed by atoms with Crippen molar-refractivity contribution in [3.05, 3.63) is 81.7 Å². The van der Waals surface area contributed by atoms with E-state index in [2.05, 4.69) is 0 Å². The Labute approximate surface area is 225 Å². The Hall–Kier alpha value is -3.43. The molecule has 10 heteroatoms. The second kappa shape index (κ2) is 10.4. The monoisotopic (exact) mass is 555 g/mol. The maximum Gasteiger partial charge on any atom is 0.339 e. The molecule has 198 valence electrons. The lowest BCUT2D eigenvalue weighted by atomic mass is 9.70. The number of hydrogen-bond donors (Lipinski definition) is 1. The fourth-order valence-corrected chi connectivity index (χ4v) is 6.65. The zero-order valence-corrected chi connectivity index (χ0v) is 22.1. The summed E-state index contributed by atoms with van der Waals surface area (Å²) in [5.74, 6) is -1.99. The van der Waals surface area contributed by atoms with E-state index in [1.807, 2.05) is 4.90 Å². The first-order valence-corrected chi connectivity index (χ1v) is 14.3. The molecule has 1 N–H and O–H groups in total. The third-order valence-corrected chi connectivity index (χ3v) is 8.67. The van der Waals surface area contributed by atoms with Crippen molar-refractivity contribution in [1.82, 2.24) is 4.90 Å². The number of carbonyl (C=O) groups excluding carboxylic acids is 2. The molecule has 5 rings (SSSR count). The fraction of sp³-hybridized carbons (Fsp3) is 0.321. The lowest BCUT2D eigenvalue weighted by molar-refractivity contribution is -0.137. The SMILES string of the molecule is O=C(O)CCN1C2=C(C(=O)CCC2)C(c2ccccc2OS(=O)(=O)c2ccc(Cl)cc2)C2=C1CCCC2=O. The Morgan fingerprint density at radius 3 is 2.08 bits per heavy atom. The minimum absolute atomic E-state index is 0.0295. The third-order valence-electron chi connectivity index (χ3n) is 7.17. The van der Waals surface area contributed by atoms with Gasteiger partial charge in [0.2, 0.25) is 0 Å². The molecule has 2 aliphatic carbocycles. The highest BCUT2D eigenvalue weighted by Crippen LogP contribution is 2.51. The molecule has 8 nitrogen and oxygen atoms in total. The van der Waals surface area contributed by atoms with Gasteiger partial charge in [-0.05, 0) is 56.0 Å². The van der Waals surface area contributed by atoms with Crippen molar-refractivity contribution in [3.8, 4) is 5.75 Å². The third kappa shape index (κ3) is 4.88. The number of ketones is 2. The van der Waals surface area contributed by atoms with Gasteiger partial charge in [0.05, 0.1) is 6.42 Å². The standard InChI is InChI=1S/C28H26ClNO7S/c29-17-11-13-18(14-12-17)38(35,36)37-24-10-2-1-5-19(24)26-27-20(6-3-8-22(27)31)30(16-15-25(33)34)21-7-4-9-23(32)28(21)26/h1-2,5,10-14,26H,3-4,6-9,15-16H2,(H,33,34). The molecule has 3 aliphatic rings. The van der Waals surface area contributed by atoms with Crippen molar-refractivity contribution in [2.75, 3.05) is 6.54 Å². The Morgan fingerprint density at radius 2 is 1.50 bits per heavy atom. The van der Waals surface area contributed by atoms with Crippen LogP contribution in [0.5, 0.6) is 5.75 Å². The van der Waals surface area contributed by atoms with Gasteiger partial charge >= 0.3 is 16.1 Å². The smallest absolute Gasteiger partial charge is 0.339 e. The molecule has 0 aromatic heterocycles. The number of benzene rings is 2. The normalized spacial score (nSPS) is 18.4. The van der Waals surface area contributed by atoms with Crippen LogP contribution in [-0.2, 0) is 24.5 Å². The van der Waals surface area contributed by atoms with E-state index < -0.39 is 22.0 Å². The van der Waals surface area contributed by atoms with E-state index in [1.165, 1.54) is 30.3 Å². The minimum atomic E-state index is -4.24. The van der Waals surface area contributed by atoms with Gasteiger partial charge in [0.15, 0.2) is 11.6 Å². The molecule has 0 amide bonds. The molecule has 0 spiro atoms. The Morgan fingerprint density at radius 1 is 0.921 bits per heavy atom. The molecule has 1 heterocycles. The molecule has 0 fully saturated rings. The number of carboxylic acids is 1. The van der Waals surface area contributed by atoms with E-state index in [9.17, 15) is 27.9 Å². The van der Waals surface area contributed by atoms with Crippen LogP contribution < -0.4 is 4.18 Å². The minimum Gasteiger partial charge on any atom is -0.481 e. The van der Waals surface area contributed by atoms with Crippen LogP contribution in [0.4, 0.5) is 0 Å². The Balaban J connectivity index is 1.66. The lowest BCUT2D eigenvalue weighted by Gasteiger charge is -2.44. The van der Waals surface area contributed by atoms with Crippen molar-refractivity contribution in [2.45, 2.75) is 55.8 Å². The number of carbonyl (C=O) groups is 3. The highest BCUT2D eigenvalue weighted by Gasteiger charge is 2.44. The fourth-order valence-electron chi connectivity index (χ4n) is 5.57. The molecule has 2 aromatic carbocycles. The van der Waals surface area contributed by atoms with E-state index in [1.54, 1.807) is 18.2 Å². The van der Waals surface area contributed by atoms with Crippen molar-refractivity contribution in [3.63, 3.8) is 0 Å². The van der Waals surface area contributed by atoms with Crippen LogP contribution in [0.25, 0.3) is 0 Å². The van der Waals surface area contributed by atoms with Gasteiger partial charge in [0.25, 0.3) is 0 Å². The van der Waals surface area contributed by atoms with E-state index in [0.717, 1.165) is 11.4 Å². The summed E-state index contributed by atoms with van der Waals surface area (Å²) in [6.07, 6.45) is 2.82. The molecule has 2 aromatic rings. The van der Waals surface area contributed by atoms with Crippen molar-refractivity contribution >= 4 is 39.3 Å². The average Bonchev–Trinajstić information content (AvgIpc) is 2.88. The molecule has 0 bridgehead atoms. The van der Waals surface area contributed by atoms with Gasteiger partial charge in [-0.3, -0.25) is 14.4 Å². The van der Waals surface area contributed by atoms with Gasteiger partial charge in [-0.25, -0.2) is 0 Å². The number of halogens is 1. The molecule has 0 atom stereocenters. The van der Waals surface area contributed by atoms with Crippen LogP contribution in [0.1, 0.15) is 56.4 Å². The topological polar surface area (TPSA) is 118 Å². The number of nitrogens with zero attached hydrogens (tertiary/aromatic N) is 1. The lowest BCUT2D eigenvalue weighted by Crippen LogP contribution is -2.40. The maximum absolute atomic E-state index is 13.4. The van der Waals surface area contributed by atoms with Gasteiger partial charge in [0, 0.05) is 58.4 Å². The van der Waals surface area contributed by atoms with Crippen molar-refractivity contribution < 1.29 is 32.1 Å². The summed E-state index contributed by atoms with van der Waals surface area (Å²) in [6.45, 7) is 0.156.